The number of hydrogen-bond acceptors (Lipinski definition) is 3. The molecule has 1 aliphatic heterocycles. The van der Waals surface area contributed by atoms with Crippen molar-refractivity contribution in [2.24, 2.45) is 7.05 Å². The monoisotopic (exact) mass is 328 g/mol. The van der Waals surface area contributed by atoms with E-state index in [2.05, 4.69) is 52.0 Å². The molecule has 5 heteroatoms. The Morgan fingerprint density at radius 2 is 2.21 bits per heavy atom. The van der Waals surface area contributed by atoms with Crippen molar-refractivity contribution in [1.82, 2.24) is 20.0 Å². The van der Waals surface area contributed by atoms with E-state index in [0.717, 1.165) is 36.2 Å². The van der Waals surface area contributed by atoms with Gasteiger partial charge in [0.15, 0.2) is 0 Å². The fourth-order valence-corrected chi connectivity index (χ4v) is 3.14. The first kappa shape index (κ1) is 15.0. The molecule has 2 heterocycles. The maximum atomic E-state index is 4.49. The molecule has 1 fully saturated rings. The zero-order chi connectivity index (χ0) is 14.2. The molecule has 1 saturated heterocycles. The minimum atomic E-state index is 0.229. The molecule has 19 heavy (non-hydrogen) atoms. The van der Waals surface area contributed by atoms with Gasteiger partial charge in [0.05, 0.1) is 15.9 Å². The Kier molecular flexibility index (Phi) is 4.38. The number of aromatic nitrogens is 2. The van der Waals surface area contributed by atoms with Crippen LogP contribution in [0.2, 0.25) is 0 Å². The van der Waals surface area contributed by atoms with Gasteiger partial charge in [0, 0.05) is 38.3 Å². The molecule has 1 N–H and O–H groups in total. The third-order valence-corrected chi connectivity index (χ3v) is 5.43. The van der Waals surface area contributed by atoms with E-state index in [1.54, 1.807) is 0 Å². The maximum absolute atomic E-state index is 4.49. The lowest BCUT2D eigenvalue weighted by atomic mass is 9.93. The van der Waals surface area contributed by atoms with Crippen molar-refractivity contribution in [3.63, 3.8) is 0 Å². The second-order valence-corrected chi connectivity index (χ2v) is 6.81. The van der Waals surface area contributed by atoms with Crippen molar-refractivity contribution in [3.05, 3.63) is 15.9 Å². The zero-order valence-corrected chi connectivity index (χ0v) is 14.2. The van der Waals surface area contributed by atoms with Crippen LogP contribution in [0.5, 0.6) is 0 Å². The summed E-state index contributed by atoms with van der Waals surface area (Å²) in [7, 11) is 2.03. The summed E-state index contributed by atoms with van der Waals surface area (Å²) in [5, 5.41) is 8.15. The molecule has 1 aromatic heterocycles. The van der Waals surface area contributed by atoms with Gasteiger partial charge < -0.3 is 5.32 Å². The fourth-order valence-electron chi connectivity index (χ4n) is 2.68. The SMILES string of the molecule is CCC1(C)CN(Cc2c(Br)c(C)nn2C)C(C)CN1. The predicted octanol–water partition coefficient (Wildman–Crippen LogP) is 2.45. The first-order valence-electron chi connectivity index (χ1n) is 7.03. The summed E-state index contributed by atoms with van der Waals surface area (Å²) in [6.07, 6.45) is 1.15. The lowest BCUT2D eigenvalue weighted by molar-refractivity contribution is 0.0842. The Morgan fingerprint density at radius 1 is 1.53 bits per heavy atom. The van der Waals surface area contributed by atoms with Crippen molar-refractivity contribution in [3.8, 4) is 0 Å². The van der Waals surface area contributed by atoms with Crippen LogP contribution >= 0.6 is 15.9 Å². The largest absolute Gasteiger partial charge is 0.309 e. The molecule has 1 aliphatic rings. The molecule has 4 nitrogen and oxygen atoms in total. The van der Waals surface area contributed by atoms with Gasteiger partial charge in [-0.15, -0.1) is 0 Å². The van der Waals surface area contributed by atoms with E-state index in [9.17, 15) is 0 Å². The van der Waals surface area contributed by atoms with Crippen LogP contribution in [0.25, 0.3) is 0 Å². The van der Waals surface area contributed by atoms with E-state index in [1.165, 1.54) is 5.69 Å². The van der Waals surface area contributed by atoms with E-state index in [1.807, 2.05) is 18.7 Å². The Bertz CT molecular complexity index is 457. The van der Waals surface area contributed by atoms with E-state index < -0.39 is 0 Å². The number of halogens is 1. The zero-order valence-electron chi connectivity index (χ0n) is 12.6. The Balaban J connectivity index is 2.17. The molecule has 2 atom stereocenters. The lowest BCUT2D eigenvalue weighted by Gasteiger charge is -2.45. The van der Waals surface area contributed by atoms with Crippen LogP contribution in [0.1, 0.15) is 38.6 Å². The smallest absolute Gasteiger partial charge is 0.0739 e. The van der Waals surface area contributed by atoms with Crippen LogP contribution in [-0.4, -0.2) is 39.4 Å². The molecule has 2 rings (SSSR count). The highest BCUT2D eigenvalue weighted by molar-refractivity contribution is 9.10. The third-order valence-electron chi connectivity index (χ3n) is 4.39. The fraction of sp³-hybridized carbons (Fsp3) is 0.786. The molecule has 0 radical (unpaired) electrons. The first-order chi connectivity index (χ1) is 8.86. The van der Waals surface area contributed by atoms with Gasteiger partial charge in [0.1, 0.15) is 0 Å². The number of nitrogens with one attached hydrogen (secondary N) is 1. The molecule has 0 aromatic carbocycles. The molecule has 0 saturated carbocycles. The van der Waals surface area contributed by atoms with Gasteiger partial charge in [-0.3, -0.25) is 9.58 Å². The maximum Gasteiger partial charge on any atom is 0.0739 e. The molecule has 1 aromatic rings. The van der Waals surface area contributed by atoms with Crippen molar-refractivity contribution in [1.29, 1.82) is 0 Å². The van der Waals surface area contributed by atoms with Gasteiger partial charge in [-0.1, -0.05) is 6.92 Å². The second kappa shape index (κ2) is 5.54. The number of hydrogen-bond donors (Lipinski definition) is 1. The molecule has 0 bridgehead atoms. The highest BCUT2D eigenvalue weighted by atomic mass is 79.9. The summed E-state index contributed by atoms with van der Waals surface area (Å²) < 4.78 is 3.15. The lowest BCUT2D eigenvalue weighted by Crippen LogP contribution is -2.61. The first-order valence-corrected chi connectivity index (χ1v) is 7.82. The molecular formula is C14H25BrN4. The standard InChI is InChI=1S/C14H25BrN4/c1-6-14(4)9-19(10(2)7-16-14)8-12-13(15)11(3)17-18(12)5/h10,16H,6-9H2,1-5H3. The van der Waals surface area contributed by atoms with Crippen LogP contribution in [0.3, 0.4) is 0 Å². The third kappa shape index (κ3) is 3.03. The second-order valence-electron chi connectivity index (χ2n) is 6.02. The normalized spacial score (nSPS) is 28.8. The summed E-state index contributed by atoms with van der Waals surface area (Å²) in [6.45, 7) is 12.0. The van der Waals surface area contributed by atoms with Gasteiger partial charge in [-0.25, -0.2) is 0 Å². The van der Waals surface area contributed by atoms with E-state index in [0.29, 0.717) is 6.04 Å². The average Bonchev–Trinajstić information content (AvgIpc) is 2.61. The summed E-state index contributed by atoms with van der Waals surface area (Å²) in [6, 6.07) is 0.557. The van der Waals surface area contributed by atoms with E-state index >= 15 is 0 Å². The minimum Gasteiger partial charge on any atom is -0.309 e. The Hall–Kier alpha value is -0.390. The van der Waals surface area contributed by atoms with Crippen molar-refractivity contribution in [2.75, 3.05) is 13.1 Å². The summed E-state index contributed by atoms with van der Waals surface area (Å²) in [4.78, 5) is 2.56. The summed E-state index contributed by atoms with van der Waals surface area (Å²) in [5.74, 6) is 0. The number of piperazine rings is 1. The number of rotatable bonds is 3. The average molecular weight is 329 g/mol. The number of aryl methyl sites for hydroxylation is 2. The van der Waals surface area contributed by atoms with E-state index in [4.69, 9.17) is 0 Å². The summed E-state index contributed by atoms with van der Waals surface area (Å²) >= 11 is 3.67. The van der Waals surface area contributed by atoms with Gasteiger partial charge in [-0.2, -0.15) is 5.10 Å². The highest BCUT2D eigenvalue weighted by Crippen LogP contribution is 2.25. The van der Waals surface area contributed by atoms with Crippen LogP contribution in [0.15, 0.2) is 4.47 Å². The van der Waals surface area contributed by atoms with Gasteiger partial charge >= 0.3 is 0 Å². The van der Waals surface area contributed by atoms with Crippen LogP contribution in [-0.2, 0) is 13.6 Å². The predicted molar refractivity (Wildman–Crippen MR) is 82.2 cm³/mol. The van der Waals surface area contributed by atoms with Crippen LogP contribution in [0, 0.1) is 6.92 Å². The topological polar surface area (TPSA) is 33.1 Å². The van der Waals surface area contributed by atoms with Crippen LogP contribution in [0.4, 0.5) is 0 Å². The molecule has 2 unspecified atom stereocenters. The molecule has 108 valence electrons. The number of nitrogens with zero attached hydrogens (tertiary/aromatic N) is 3. The van der Waals surface area contributed by atoms with Crippen LogP contribution < -0.4 is 5.32 Å². The van der Waals surface area contributed by atoms with Gasteiger partial charge in [0.25, 0.3) is 0 Å². The Labute approximate surface area is 124 Å². The molecular weight excluding hydrogens is 304 g/mol. The Morgan fingerprint density at radius 3 is 2.74 bits per heavy atom. The summed E-state index contributed by atoms with van der Waals surface area (Å²) in [5.41, 5.74) is 2.57. The van der Waals surface area contributed by atoms with E-state index in [-0.39, 0.29) is 5.54 Å². The van der Waals surface area contributed by atoms with Gasteiger partial charge in [-0.05, 0) is 43.1 Å². The van der Waals surface area contributed by atoms with Gasteiger partial charge in [0.2, 0.25) is 0 Å². The van der Waals surface area contributed by atoms with Crippen molar-refractivity contribution in [2.45, 2.75) is 52.2 Å². The van der Waals surface area contributed by atoms with Crippen molar-refractivity contribution < 1.29 is 0 Å². The van der Waals surface area contributed by atoms with Crippen molar-refractivity contribution >= 4 is 15.9 Å². The quantitative estimate of drug-likeness (QED) is 0.925. The molecule has 0 spiro atoms. The highest BCUT2D eigenvalue weighted by Gasteiger charge is 2.33. The molecule has 0 aliphatic carbocycles. The molecule has 0 amide bonds. The minimum absolute atomic E-state index is 0.229.